The lowest BCUT2D eigenvalue weighted by molar-refractivity contribution is 0.395. The van der Waals surface area contributed by atoms with E-state index in [0.717, 1.165) is 34.0 Å². The molecule has 1 heterocycles. The topological polar surface area (TPSA) is 62.3 Å². The van der Waals surface area contributed by atoms with E-state index < -0.39 is 0 Å². The maximum Gasteiger partial charge on any atom is 0.132 e. The van der Waals surface area contributed by atoms with Crippen molar-refractivity contribution >= 4 is 0 Å². The molecule has 5 nitrogen and oxygen atoms in total. The van der Waals surface area contributed by atoms with E-state index in [-0.39, 0.29) is 0 Å². The highest BCUT2D eigenvalue weighted by Gasteiger charge is 2.15. The van der Waals surface area contributed by atoms with Crippen LogP contribution in [0.3, 0.4) is 0 Å². The largest absolute Gasteiger partial charge is 0.497 e. The maximum atomic E-state index is 5.68. The van der Waals surface area contributed by atoms with Crippen LogP contribution in [0.25, 0.3) is 11.3 Å². The van der Waals surface area contributed by atoms with E-state index in [4.69, 9.17) is 15.2 Å². The summed E-state index contributed by atoms with van der Waals surface area (Å²) in [5.41, 5.74) is 9.55. The molecule has 5 heteroatoms. The summed E-state index contributed by atoms with van der Waals surface area (Å²) in [6.45, 7) is 2.47. The van der Waals surface area contributed by atoms with E-state index in [9.17, 15) is 0 Å². The normalized spacial score (nSPS) is 10.6. The fourth-order valence-electron chi connectivity index (χ4n) is 2.15. The Morgan fingerprint density at radius 3 is 2.47 bits per heavy atom. The van der Waals surface area contributed by atoms with Crippen LogP contribution in [0.2, 0.25) is 0 Å². The third-order valence-corrected chi connectivity index (χ3v) is 3.17. The molecule has 19 heavy (non-hydrogen) atoms. The van der Waals surface area contributed by atoms with Gasteiger partial charge in [0.2, 0.25) is 0 Å². The first-order valence-corrected chi connectivity index (χ1v) is 6.06. The second-order valence-corrected chi connectivity index (χ2v) is 4.37. The highest BCUT2D eigenvalue weighted by Crippen LogP contribution is 2.36. The Hall–Kier alpha value is -2.01. The number of ether oxygens (including phenoxy) is 2. The lowest BCUT2D eigenvalue weighted by atomic mass is 10.0. The summed E-state index contributed by atoms with van der Waals surface area (Å²) in [7, 11) is 5.17. The first kappa shape index (κ1) is 13.4. The molecule has 2 aromatic rings. The summed E-state index contributed by atoms with van der Waals surface area (Å²) in [6, 6.07) is 5.81. The van der Waals surface area contributed by atoms with Crippen molar-refractivity contribution in [2.24, 2.45) is 12.8 Å². The van der Waals surface area contributed by atoms with Crippen LogP contribution in [0.1, 0.15) is 11.3 Å². The zero-order chi connectivity index (χ0) is 14.0. The monoisotopic (exact) mass is 261 g/mol. The molecule has 1 aromatic carbocycles. The molecule has 0 radical (unpaired) electrons. The number of benzene rings is 1. The van der Waals surface area contributed by atoms with Gasteiger partial charge in [0.1, 0.15) is 11.5 Å². The van der Waals surface area contributed by atoms with Crippen molar-refractivity contribution in [3.05, 3.63) is 29.5 Å². The third kappa shape index (κ3) is 2.42. The van der Waals surface area contributed by atoms with Crippen molar-refractivity contribution in [2.45, 2.75) is 13.5 Å². The lowest BCUT2D eigenvalue weighted by Gasteiger charge is -2.12. The smallest absolute Gasteiger partial charge is 0.132 e. The van der Waals surface area contributed by atoms with Crippen molar-refractivity contribution in [3.63, 3.8) is 0 Å². The van der Waals surface area contributed by atoms with Crippen LogP contribution in [0, 0.1) is 6.92 Å². The number of nitrogens with two attached hydrogens (primary N) is 1. The molecule has 0 atom stereocenters. The van der Waals surface area contributed by atoms with Crippen molar-refractivity contribution < 1.29 is 9.47 Å². The average molecular weight is 261 g/mol. The van der Waals surface area contributed by atoms with Crippen LogP contribution in [-0.4, -0.2) is 24.0 Å². The van der Waals surface area contributed by atoms with E-state index >= 15 is 0 Å². The Labute approximate surface area is 112 Å². The van der Waals surface area contributed by atoms with Crippen LogP contribution < -0.4 is 15.2 Å². The molecule has 0 unspecified atom stereocenters. The SMILES string of the molecule is COc1cc(C)c(-c2cc(CN)n(C)n2)c(OC)c1. The van der Waals surface area contributed by atoms with Gasteiger partial charge < -0.3 is 15.2 Å². The summed E-state index contributed by atoms with van der Waals surface area (Å²) in [4.78, 5) is 0. The van der Waals surface area contributed by atoms with Crippen LogP contribution >= 0.6 is 0 Å². The number of aryl methyl sites for hydroxylation is 2. The molecule has 0 bridgehead atoms. The first-order valence-electron chi connectivity index (χ1n) is 6.06. The van der Waals surface area contributed by atoms with E-state index in [1.807, 2.05) is 32.2 Å². The molecule has 2 N–H and O–H groups in total. The van der Waals surface area contributed by atoms with E-state index in [0.29, 0.717) is 6.54 Å². The highest BCUT2D eigenvalue weighted by atomic mass is 16.5. The molecule has 0 saturated heterocycles. The fourth-order valence-corrected chi connectivity index (χ4v) is 2.15. The van der Waals surface area contributed by atoms with Gasteiger partial charge in [-0.1, -0.05) is 0 Å². The van der Waals surface area contributed by atoms with Gasteiger partial charge >= 0.3 is 0 Å². The number of hydrogen-bond acceptors (Lipinski definition) is 4. The predicted molar refractivity (Wildman–Crippen MR) is 74.4 cm³/mol. The van der Waals surface area contributed by atoms with Crippen molar-refractivity contribution in [2.75, 3.05) is 14.2 Å². The number of methoxy groups -OCH3 is 2. The summed E-state index contributed by atoms with van der Waals surface area (Å²) in [6.07, 6.45) is 0. The van der Waals surface area contributed by atoms with E-state index in [1.54, 1.807) is 18.9 Å². The molecule has 0 spiro atoms. The number of rotatable bonds is 4. The fraction of sp³-hybridized carbons (Fsp3) is 0.357. The predicted octanol–water partition coefficient (Wildman–Crippen LogP) is 1.87. The van der Waals surface area contributed by atoms with Gasteiger partial charge in [-0.2, -0.15) is 5.10 Å². The molecule has 2 rings (SSSR count). The molecule has 0 fully saturated rings. The minimum Gasteiger partial charge on any atom is -0.497 e. The quantitative estimate of drug-likeness (QED) is 0.912. The molecule has 0 aliphatic heterocycles. The Bertz CT molecular complexity index is 591. The molecular formula is C14H19N3O2. The number of hydrogen-bond donors (Lipinski definition) is 1. The third-order valence-electron chi connectivity index (χ3n) is 3.17. The number of nitrogens with zero attached hydrogens (tertiary/aromatic N) is 2. The number of aromatic nitrogens is 2. The Morgan fingerprint density at radius 1 is 1.21 bits per heavy atom. The van der Waals surface area contributed by atoms with Gasteiger partial charge in [-0.3, -0.25) is 4.68 Å². The van der Waals surface area contributed by atoms with Gasteiger partial charge in [0, 0.05) is 25.2 Å². The minimum absolute atomic E-state index is 0.459. The average Bonchev–Trinajstić information content (AvgIpc) is 2.78. The summed E-state index contributed by atoms with van der Waals surface area (Å²) < 4.78 is 12.5. The van der Waals surface area contributed by atoms with E-state index in [1.165, 1.54) is 0 Å². The van der Waals surface area contributed by atoms with Crippen molar-refractivity contribution in [3.8, 4) is 22.8 Å². The standard InChI is InChI=1S/C14H19N3O2/c1-9-5-11(18-3)7-13(19-4)14(9)12-6-10(8-15)17(2)16-12/h5-7H,8,15H2,1-4H3. The molecule has 1 aromatic heterocycles. The van der Waals surface area contributed by atoms with E-state index in [2.05, 4.69) is 5.10 Å². The Morgan fingerprint density at radius 2 is 1.95 bits per heavy atom. The van der Waals surface area contributed by atoms with Gasteiger partial charge in [-0.15, -0.1) is 0 Å². The van der Waals surface area contributed by atoms with Gasteiger partial charge in [0.25, 0.3) is 0 Å². The second kappa shape index (κ2) is 5.32. The van der Waals surface area contributed by atoms with Gasteiger partial charge in [0.05, 0.1) is 25.6 Å². The van der Waals surface area contributed by atoms with Gasteiger partial charge in [-0.05, 0) is 24.6 Å². The van der Waals surface area contributed by atoms with Crippen LogP contribution in [0.15, 0.2) is 18.2 Å². The van der Waals surface area contributed by atoms with Crippen LogP contribution in [0.4, 0.5) is 0 Å². The molecule has 0 aliphatic carbocycles. The van der Waals surface area contributed by atoms with Crippen molar-refractivity contribution in [1.29, 1.82) is 0 Å². The highest BCUT2D eigenvalue weighted by molar-refractivity contribution is 5.72. The van der Waals surface area contributed by atoms with Gasteiger partial charge in [-0.25, -0.2) is 0 Å². The maximum absolute atomic E-state index is 5.68. The first-order chi connectivity index (χ1) is 9.10. The second-order valence-electron chi connectivity index (χ2n) is 4.37. The Balaban J connectivity index is 2.60. The van der Waals surface area contributed by atoms with Gasteiger partial charge in [0.15, 0.2) is 0 Å². The van der Waals surface area contributed by atoms with Crippen LogP contribution in [0.5, 0.6) is 11.5 Å². The summed E-state index contributed by atoms with van der Waals surface area (Å²) in [5.74, 6) is 1.52. The molecule has 0 saturated carbocycles. The van der Waals surface area contributed by atoms with Crippen LogP contribution in [-0.2, 0) is 13.6 Å². The molecule has 102 valence electrons. The van der Waals surface area contributed by atoms with Crippen molar-refractivity contribution in [1.82, 2.24) is 9.78 Å². The lowest BCUT2D eigenvalue weighted by Crippen LogP contribution is -2.03. The summed E-state index contributed by atoms with van der Waals surface area (Å²) in [5, 5.41) is 4.49. The molecule has 0 amide bonds. The molecular weight excluding hydrogens is 242 g/mol. The minimum atomic E-state index is 0.459. The zero-order valence-corrected chi connectivity index (χ0v) is 11.7. The molecule has 0 aliphatic rings. The Kier molecular flexibility index (Phi) is 3.76. The summed E-state index contributed by atoms with van der Waals surface area (Å²) >= 11 is 0. The zero-order valence-electron chi connectivity index (χ0n) is 11.7.